The zero-order chi connectivity index (χ0) is 19.0. The number of carbonyl (C=O) groups excluding carboxylic acids is 2. The van der Waals surface area contributed by atoms with Gasteiger partial charge in [-0.15, -0.1) is 0 Å². The number of halogens is 1. The fraction of sp³-hybridized carbons (Fsp3) is 0.333. The Bertz CT molecular complexity index is 843. The summed E-state index contributed by atoms with van der Waals surface area (Å²) in [4.78, 5) is 31.0. The molecule has 2 aliphatic rings. The lowest BCUT2D eigenvalue weighted by molar-refractivity contribution is -0.123. The lowest BCUT2D eigenvalue weighted by Crippen LogP contribution is -2.52. The van der Waals surface area contributed by atoms with Gasteiger partial charge in [0.15, 0.2) is 0 Å². The zero-order valence-corrected chi connectivity index (χ0v) is 15.3. The van der Waals surface area contributed by atoms with E-state index in [0.29, 0.717) is 18.8 Å². The van der Waals surface area contributed by atoms with Gasteiger partial charge in [0, 0.05) is 31.9 Å². The monoisotopic (exact) mass is 367 g/mol. The van der Waals surface area contributed by atoms with E-state index in [4.69, 9.17) is 0 Å². The Labute approximate surface area is 158 Å². The third kappa shape index (κ3) is 3.45. The predicted octanol–water partition coefficient (Wildman–Crippen LogP) is 2.59. The molecule has 2 heterocycles. The second kappa shape index (κ2) is 7.12. The summed E-state index contributed by atoms with van der Waals surface area (Å²) in [5, 5.41) is 0. The number of benzene rings is 2. The number of amides is 2. The molecular weight excluding hydrogens is 345 g/mol. The highest BCUT2D eigenvalue weighted by Crippen LogP contribution is 2.27. The maximum absolute atomic E-state index is 13.1. The molecule has 0 spiro atoms. The molecule has 0 radical (unpaired) electrons. The van der Waals surface area contributed by atoms with Gasteiger partial charge in [0.25, 0.3) is 5.91 Å². The first-order chi connectivity index (χ1) is 13.0. The zero-order valence-electron chi connectivity index (χ0n) is 15.3. The Morgan fingerprint density at radius 1 is 0.852 bits per heavy atom. The van der Waals surface area contributed by atoms with Gasteiger partial charge >= 0.3 is 0 Å². The fourth-order valence-electron chi connectivity index (χ4n) is 3.81. The maximum Gasteiger partial charge on any atom is 0.251 e. The van der Waals surface area contributed by atoms with Crippen molar-refractivity contribution in [3.8, 4) is 0 Å². The van der Waals surface area contributed by atoms with Crippen molar-refractivity contribution in [2.45, 2.75) is 19.4 Å². The van der Waals surface area contributed by atoms with Crippen LogP contribution in [0.5, 0.6) is 0 Å². The molecule has 0 N–H and O–H groups in total. The van der Waals surface area contributed by atoms with E-state index in [0.717, 1.165) is 24.3 Å². The normalized spacial score (nSPS) is 21.2. The molecule has 2 amide bonds. The second-order valence-corrected chi connectivity index (χ2v) is 7.12. The fourth-order valence-corrected chi connectivity index (χ4v) is 3.81. The highest BCUT2D eigenvalue weighted by Gasteiger charge is 2.43. The number of aryl methyl sites for hydroxylation is 1. The molecule has 2 saturated heterocycles. The highest BCUT2D eigenvalue weighted by atomic mass is 19.1. The summed E-state index contributed by atoms with van der Waals surface area (Å²) in [5.74, 6) is -0.530. The SMILES string of the molecule is Cc1ccc(N2C(=O)C[C@@H](N3CCN(c4ccc(F)cc4)CC3)C2=O)cc1. The summed E-state index contributed by atoms with van der Waals surface area (Å²) in [6.45, 7) is 4.86. The molecule has 4 rings (SSSR count). The molecule has 2 aliphatic heterocycles. The lowest BCUT2D eigenvalue weighted by atomic mass is 10.1. The van der Waals surface area contributed by atoms with E-state index in [1.807, 2.05) is 31.2 Å². The predicted molar refractivity (Wildman–Crippen MR) is 102 cm³/mol. The van der Waals surface area contributed by atoms with Crippen LogP contribution >= 0.6 is 0 Å². The van der Waals surface area contributed by atoms with Gasteiger partial charge in [-0.1, -0.05) is 17.7 Å². The van der Waals surface area contributed by atoms with Crippen LogP contribution in [0.3, 0.4) is 0 Å². The average molecular weight is 367 g/mol. The van der Waals surface area contributed by atoms with Gasteiger partial charge in [0.1, 0.15) is 5.82 Å². The van der Waals surface area contributed by atoms with Crippen molar-refractivity contribution in [2.75, 3.05) is 36.0 Å². The molecule has 2 aromatic rings. The topological polar surface area (TPSA) is 43.9 Å². The standard InChI is InChI=1S/C21H22FN3O2/c1-15-2-6-18(7-3-15)25-20(26)14-19(21(25)27)24-12-10-23(11-13-24)17-8-4-16(22)5-9-17/h2-9,19H,10-14H2,1H3/t19-/m1/s1. The minimum absolute atomic E-state index is 0.140. The van der Waals surface area contributed by atoms with Crippen molar-refractivity contribution in [2.24, 2.45) is 0 Å². The number of hydrogen-bond acceptors (Lipinski definition) is 4. The summed E-state index contributed by atoms with van der Waals surface area (Å²) >= 11 is 0. The summed E-state index contributed by atoms with van der Waals surface area (Å²) < 4.78 is 13.1. The van der Waals surface area contributed by atoms with Crippen LogP contribution in [0.2, 0.25) is 0 Å². The van der Waals surface area contributed by atoms with Crippen molar-refractivity contribution in [1.82, 2.24) is 4.90 Å². The van der Waals surface area contributed by atoms with Crippen LogP contribution < -0.4 is 9.80 Å². The van der Waals surface area contributed by atoms with Crippen LogP contribution in [0.15, 0.2) is 48.5 Å². The van der Waals surface area contributed by atoms with Crippen LogP contribution in [0.1, 0.15) is 12.0 Å². The quantitative estimate of drug-likeness (QED) is 0.783. The van der Waals surface area contributed by atoms with E-state index in [1.165, 1.54) is 17.0 Å². The molecule has 140 valence electrons. The molecule has 0 unspecified atom stereocenters. The number of rotatable bonds is 3. The van der Waals surface area contributed by atoms with Crippen LogP contribution in [0.25, 0.3) is 0 Å². The molecular formula is C21H22FN3O2. The Balaban J connectivity index is 1.43. The van der Waals surface area contributed by atoms with E-state index in [1.54, 1.807) is 12.1 Å². The van der Waals surface area contributed by atoms with Crippen LogP contribution in [0.4, 0.5) is 15.8 Å². The third-order valence-corrected chi connectivity index (χ3v) is 5.36. The van der Waals surface area contributed by atoms with Gasteiger partial charge in [0.2, 0.25) is 5.91 Å². The van der Waals surface area contributed by atoms with Crippen LogP contribution in [0, 0.1) is 12.7 Å². The summed E-state index contributed by atoms with van der Waals surface area (Å²) in [6.07, 6.45) is 0.225. The molecule has 2 fully saturated rings. The number of anilines is 2. The van der Waals surface area contributed by atoms with E-state index in [-0.39, 0.29) is 24.1 Å². The summed E-state index contributed by atoms with van der Waals surface area (Å²) in [7, 11) is 0. The number of hydrogen-bond donors (Lipinski definition) is 0. The molecule has 5 nitrogen and oxygen atoms in total. The van der Waals surface area contributed by atoms with Crippen LogP contribution in [-0.2, 0) is 9.59 Å². The van der Waals surface area contributed by atoms with Gasteiger partial charge in [-0.2, -0.15) is 0 Å². The van der Waals surface area contributed by atoms with Gasteiger partial charge < -0.3 is 4.90 Å². The number of carbonyl (C=O) groups is 2. The highest BCUT2D eigenvalue weighted by molar-refractivity contribution is 6.22. The van der Waals surface area contributed by atoms with Gasteiger partial charge in [-0.25, -0.2) is 9.29 Å². The van der Waals surface area contributed by atoms with E-state index < -0.39 is 6.04 Å². The molecule has 0 saturated carbocycles. The number of nitrogens with zero attached hydrogens (tertiary/aromatic N) is 3. The lowest BCUT2D eigenvalue weighted by Gasteiger charge is -2.38. The smallest absolute Gasteiger partial charge is 0.251 e. The molecule has 0 bridgehead atoms. The Morgan fingerprint density at radius 2 is 1.44 bits per heavy atom. The van der Waals surface area contributed by atoms with Gasteiger partial charge in [0.05, 0.1) is 18.2 Å². The molecule has 1 atom stereocenters. The van der Waals surface area contributed by atoms with E-state index in [2.05, 4.69) is 9.80 Å². The van der Waals surface area contributed by atoms with E-state index in [9.17, 15) is 14.0 Å². The van der Waals surface area contributed by atoms with Gasteiger partial charge in [-0.05, 0) is 43.3 Å². The van der Waals surface area contributed by atoms with Gasteiger partial charge in [-0.3, -0.25) is 14.5 Å². The Kier molecular flexibility index (Phi) is 4.66. The molecule has 2 aromatic carbocycles. The summed E-state index contributed by atoms with van der Waals surface area (Å²) in [5.41, 5.74) is 2.71. The second-order valence-electron chi connectivity index (χ2n) is 7.12. The Morgan fingerprint density at radius 3 is 2.07 bits per heavy atom. The van der Waals surface area contributed by atoms with Crippen molar-refractivity contribution in [3.05, 3.63) is 59.9 Å². The van der Waals surface area contributed by atoms with Crippen LogP contribution in [-0.4, -0.2) is 48.9 Å². The maximum atomic E-state index is 13.1. The molecule has 0 aliphatic carbocycles. The minimum Gasteiger partial charge on any atom is -0.369 e. The first-order valence-corrected chi connectivity index (χ1v) is 9.21. The summed E-state index contributed by atoms with van der Waals surface area (Å²) in [6, 6.07) is 13.5. The van der Waals surface area contributed by atoms with Crippen molar-refractivity contribution >= 4 is 23.2 Å². The van der Waals surface area contributed by atoms with E-state index >= 15 is 0 Å². The van der Waals surface area contributed by atoms with Crippen molar-refractivity contribution in [1.29, 1.82) is 0 Å². The molecule has 27 heavy (non-hydrogen) atoms. The molecule has 6 heteroatoms. The minimum atomic E-state index is -0.394. The first kappa shape index (κ1) is 17.7. The van der Waals surface area contributed by atoms with Crippen molar-refractivity contribution < 1.29 is 14.0 Å². The largest absolute Gasteiger partial charge is 0.369 e. The first-order valence-electron chi connectivity index (χ1n) is 9.21. The third-order valence-electron chi connectivity index (χ3n) is 5.36. The number of piperazine rings is 1. The Hall–Kier alpha value is -2.73. The number of imide groups is 1. The average Bonchev–Trinajstić information content (AvgIpc) is 2.98. The molecule has 0 aromatic heterocycles. The van der Waals surface area contributed by atoms with Crippen molar-refractivity contribution in [3.63, 3.8) is 0 Å².